The number of benzene rings is 1. The van der Waals surface area contributed by atoms with Crippen LogP contribution in [0, 0.1) is 0 Å². The van der Waals surface area contributed by atoms with E-state index in [1.807, 2.05) is 0 Å². The van der Waals surface area contributed by atoms with Crippen LogP contribution in [0.3, 0.4) is 0 Å². The van der Waals surface area contributed by atoms with Crippen molar-refractivity contribution < 1.29 is 23.1 Å². The lowest BCUT2D eigenvalue weighted by atomic mass is 10.0. The van der Waals surface area contributed by atoms with Gasteiger partial charge in [-0.15, -0.1) is 0 Å². The molecule has 2 rings (SSSR count). The molecule has 2 N–H and O–H groups in total. The van der Waals surface area contributed by atoms with Crippen LogP contribution < -0.4 is 5.32 Å². The first kappa shape index (κ1) is 18.7. The Labute approximate surface area is 145 Å². The molecule has 1 fully saturated rings. The van der Waals surface area contributed by atoms with Crippen molar-refractivity contribution in [2.75, 3.05) is 24.7 Å². The molecule has 0 saturated carbocycles. The highest BCUT2D eigenvalue weighted by atomic mass is 35.5. The maximum atomic E-state index is 12.2. The van der Waals surface area contributed by atoms with Crippen molar-refractivity contribution in [1.29, 1.82) is 0 Å². The Morgan fingerprint density at radius 3 is 2.71 bits per heavy atom. The van der Waals surface area contributed by atoms with Crippen molar-refractivity contribution in [1.82, 2.24) is 4.90 Å². The number of aliphatic carboxylic acids is 1. The normalized spacial score (nSPS) is 19.0. The molecule has 1 aliphatic heterocycles. The van der Waals surface area contributed by atoms with Crippen LogP contribution in [0.1, 0.15) is 19.3 Å². The molecule has 132 valence electrons. The van der Waals surface area contributed by atoms with Crippen LogP contribution in [0.15, 0.2) is 23.1 Å². The number of anilines is 1. The number of halogens is 1. The molecule has 24 heavy (non-hydrogen) atoms. The third-order valence-electron chi connectivity index (χ3n) is 3.89. The van der Waals surface area contributed by atoms with Gasteiger partial charge in [-0.3, -0.25) is 14.5 Å². The summed E-state index contributed by atoms with van der Waals surface area (Å²) in [6.45, 7) is 0.442. The lowest BCUT2D eigenvalue weighted by molar-refractivity contribution is -0.145. The van der Waals surface area contributed by atoms with E-state index >= 15 is 0 Å². The lowest BCUT2D eigenvalue weighted by Crippen LogP contribution is -2.47. The van der Waals surface area contributed by atoms with E-state index in [0.717, 1.165) is 19.1 Å². The molecule has 1 heterocycles. The number of carbonyl (C=O) groups excluding carboxylic acids is 1. The van der Waals surface area contributed by atoms with Gasteiger partial charge >= 0.3 is 5.97 Å². The summed E-state index contributed by atoms with van der Waals surface area (Å²) in [7, 11) is -3.42. The third-order valence-corrected chi connectivity index (χ3v) is 5.33. The second-order valence-electron chi connectivity index (χ2n) is 5.78. The largest absolute Gasteiger partial charge is 0.480 e. The number of carboxylic acid groups (broad SMARTS) is 1. The van der Waals surface area contributed by atoms with Gasteiger partial charge in [0.15, 0.2) is 9.84 Å². The summed E-state index contributed by atoms with van der Waals surface area (Å²) in [6, 6.07) is 3.37. The predicted molar refractivity (Wildman–Crippen MR) is 90.0 cm³/mol. The number of hydrogen-bond donors (Lipinski definition) is 2. The average molecular weight is 375 g/mol. The molecule has 1 aromatic rings. The number of amides is 1. The molecule has 0 aliphatic carbocycles. The molecule has 9 heteroatoms. The van der Waals surface area contributed by atoms with Crippen molar-refractivity contribution in [3.05, 3.63) is 23.2 Å². The molecular weight excluding hydrogens is 356 g/mol. The summed E-state index contributed by atoms with van der Waals surface area (Å²) in [5.74, 6) is -1.38. The summed E-state index contributed by atoms with van der Waals surface area (Å²) in [6.07, 6.45) is 3.22. The Balaban J connectivity index is 2.10. The van der Waals surface area contributed by atoms with E-state index in [9.17, 15) is 23.1 Å². The second-order valence-corrected chi connectivity index (χ2v) is 8.21. The van der Waals surface area contributed by atoms with Gasteiger partial charge < -0.3 is 10.4 Å². The van der Waals surface area contributed by atoms with Crippen LogP contribution in [0.5, 0.6) is 0 Å². The summed E-state index contributed by atoms with van der Waals surface area (Å²) >= 11 is 5.99. The molecule has 0 bridgehead atoms. The van der Waals surface area contributed by atoms with Gasteiger partial charge in [0.25, 0.3) is 0 Å². The van der Waals surface area contributed by atoms with E-state index in [1.54, 1.807) is 4.90 Å². The van der Waals surface area contributed by atoms with Gasteiger partial charge in [0.05, 0.1) is 22.2 Å². The van der Waals surface area contributed by atoms with E-state index in [0.29, 0.717) is 13.0 Å². The minimum absolute atomic E-state index is 0.0450. The molecule has 1 amide bonds. The molecule has 0 radical (unpaired) electrons. The van der Waals surface area contributed by atoms with Crippen molar-refractivity contribution >= 4 is 39.0 Å². The Hall–Kier alpha value is -1.64. The van der Waals surface area contributed by atoms with Gasteiger partial charge in [-0.2, -0.15) is 0 Å². The van der Waals surface area contributed by atoms with Crippen molar-refractivity contribution in [3.8, 4) is 0 Å². The Bertz CT molecular complexity index is 750. The summed E-state index contributed by atoms with van der Waals surface area (Å²) in [5.41, 5.74) is 0.188. The highest BCUT2D eigenvalue weighted by Gasteiger charge is 2.29. The first-order chi connectivity index (χ1) is 11.2. The van der Waals surface area contributed by atoms with E-state index in [2.05, 4.69) is 5.32 Å². The Kier molecular flexibility index (Phi) is 5.84. The third kappa shape index (κ3) is 4.68. The SMILES string of the molecule is CS(=O)(=O)c1ccc(Cl)c(NC(=O)CN2CCCCC2C(=O)O)c1. The topological polar surface area (TPSA) is 104 Å². The number of piperidine rings is 1. The van der Waals surface area contributed by atoms with Gasteiger partial charge in [-0.1, -0.05) is 18.0 Å². The molecule has 7 nitrogen and oxygen atoms in total. The van der Waals surface area contributed by atoms with Crippen molar-refractivity contribution in [3.63, 3.8) is 0 Å². The Morgan fingerprint density at radius 1 is 1.38 bits per heavy atom. The van der Waals surface area contributed by atoms with Crippen LogP contribution >= 0.6 is 11.6 Å². The minimum Gasteiger partial charge on any atom is -0.480 e. The molecule has 1 atom stereocenters. The maximum Gasteiger partial charge on any atom is 0.320 e. The van der Waals surface area contributed by atoms with Crippen LogP contribution in [0.2, 0.25) is 5.02 Å². The number of likely N-dealkylation sites (tertiary alicyclic amines) is 1. The van der Waals surface area contributed by atoms with Gasteiger partial charge in [0.2, 0.25) is 5.91 Å². The summed E-state index contributed by atoms with van der Waals surface area (Å²) in [5, 5.41) is 12.0. The first-order valence-electron chi connectivity index (χ1n) is 7.45. The van der Waals surface area contributed by atoms with Gasteiger partial charge in [-0.05, 0) is 37.6 Å². The number of carbonyl (C=O) groups is 2. The molecule has 1 saturated heterocycles. The smallest absolute Gasteiger partial charge is 0.320 e. The first-order valence-corrected chi connectivity index (χ1v) is 9.72. The summed E-state index contributed by atoms with van der Waals surface area (Å²) < 4.78 is 23.2. The zero-order valence-corrected chi connectivity index (χ0v) is 14.7. The molecule has 0 aromatic heterocycles. The maximum absolute atomic E-state index is 12.2. The molecule has 1 aliphatic rings. The standard InChI is InChI=1S/C15H19ClN2O5S/c1-24(22,23)10-5-6-11(16)12(8-10)17-14(19)9-18-7-3-2-4-13(18)15(20)21/h5-6,8,13H,2-4,7,9H2,1H3,(H,17,19)(H,20,21). The number of carboxylic acids is 1. The Morgan fingerprint density at radius 2 is 2.08 bits per heavy atom. The van der Waals surface area contributed by atoms with Crippen LogP contribution in [-0.2, 0) is 19.4 Å². The van der Waals surface area contributed by atoms with Crippen molar-refractivity contribution in [2.45, 2.75) is 30.2 Å². The monoisotopic (exact) mass is 374 g/mol. The molecular formula is C15H19ClN2O5S. The predicted octanol–water partition coefficient (Wildman–Crippen LogP) is 1.62. The number of rotatable bonds is 5. The highest BCUT2D eigenvalue weighted by Crippen LogP contribution is 2.25. The number of sulfone groups is 1. The lowest BCUT2D eigenvalue weighted by Gasteiger charge is -2.32. The second kappa shape index (κ2) is 7.50. The zero-order chi connectivity index (χ0) is 17.9. The zero-order valence-electron chi connectivity index (χ0n) is 13.2. The van der Waals surface area contributed by atoms with E-state index < -0.39 is 27.8 Å². The molecule has 1 unspecified atom stereocenters. The van der Waals surface area contributed by atoms with Gasteiger partial charge in [-0.25, -0.2) is 8.42 Å². The average Bonchev–Trinajstić information content (AvgIpc) is 2.48. The van der Waals surface area contributed by atoms with Gasteiger partial charge in [0, 0.05) is 6.26 Å². The fourth-order valence-corrected chi connectivity index (χ4v) is 3.48. The number of hydrogen-bond acceptors (Lipinski definition) is 5. The number of nitrogens with zero attached hydrogens (tertiary/aromatic N) is 1. The molecule has 0 spiro atoms. The van der Waals surface area contributed by atoms with E-state index in [1.165, 1.54) is 18.2 Å². The van der Waals surface area contributed by atoms with Gasteiger partial charge in [0.1, 0.15) is 6.04 Å². The summed E-state index contributed by atoms with van der Waals surface area (Å²) in [4.78, 5) is 25.1. The quantitative estimate of drug-likeness (QED) is 0.811. The fraction of sp³-hybridized carbons (Fsp3) is 0.467. The number of nitrogens with one attached hydrogen (secondary N) is 1. The van der Waals surface area contributed by atoms with Crippen LogP contribution in [-0.4, -0.2) is 55.7 Å². The van der Waals surface area contributed by atoms with E-state index in [-0.39, 0.29) is 22.2 Å². The highest BCUT2D eigenvalue weighted by molar-refractivity contribution is 7.90. The fourth-order valence-electron chi connectivity index (χ4n) is 2.66. The van der Waals surface area contributed by atoms with Crippen LogP contribution in [0.25, 0.3) is 0 Å². The van der Waals surface area contributed by atoms with Crippen LogP contribution in [0.4, 0.5) is 5.69 Å². The molecule has 1 aromatic carbocycles. The van der Waals surface area contributed by atoms with Crippen molar-refractivity contribution in [2.24, 2.45) is 0 Å². The van der Waals surface area contributed by atoms with E-state index in [4.69, 9.17) is 11.6 Å². The minimum atomic E-state index is -3.42.